The summed E-state index contributed by atoms with van der Waals surface area (Å²) in [6.07, 6.45) is 3.03. The zero-order valence-electron chi connectivity index (χ0n) is 11.2. The lowest BCUT2D eigenvalue weighted by molar-refractivity contribution is 0.0971. The van der Waals surface area contributed by atoms with E-state index in [1.165, 1.54) is 6.42 Å². The van der Waals surface area contributed by atoms with Crippen LogP contribution in [0.3, 0.4) is 0 Å². The van der Waals surface area contributed by atoms with E-state index < -0.39 is 0 Å². The second-order valence-electron chi connectivity index (χ2n) is 6.21. The molecule has 3 heteroatoms. The van der Waals surface area contributed by atoms with E-state index >= 15 is 0 Å². The van der Waals surface area contributed by atoms with Crippen LogP contribution < -0.4 is 5.32 Å². The molecule has 0 aliphatic heterocycles. The van der Waals surface area contributed by atoms with Crippen molar-refractivity contribution in [2.45, 2.75) is 66.0 Å². The Bertz CT molecular complexity index is 248. The van der Waals surface area contributed by atoms with Gasteiger partial charge in [0, 0.05) is 6.04 Å². The second kappa shape index (κ2) is 5.07. The van der Waals surface area contributed by atoms with Gasteiger partial charge in [0.1, 0.15) is 0 Å². The fourth-order valence-electron chi connectivity index (χ4n) is 2.87. The van der Waals surface area contributed by atoms with Crippen LogP contribution in [0.1, 0.15) is 53.9 Å². The van der Waals surface area contributed by atoms with Crippen molar-refractivity contribution in [1.29, 1.82) is 0 Å². The first-order valence-corrected chi connectivity index (χ1v) is 6.25. The average Bonchev–Trinajstić information content (AvgIpc) is 1.95. The molecule has 1 saturated carbocycles. The lowest BCUT2D eigenvalue weighted by Gasteiger charge is -2.39. The number of hydrogen-bond acceptors (Lipinski definition) is 2. The highest BCUT2D eigenvalue weighted by molar-refractivity contribution is 5.67. The summed E-state index contributed by atoms with van der Waals surface area (Å²) in [6.45, 7) is 10.5. The molecule has 1 amide bonds. The molecule has 0 heterocycles. The Labute approximate surface area is 98.9 Å². The highest BCUT2D eigenvalue weighted by Crippen LogP contribution is 2.38. The molecule has 1 aliphatic carbocycles. The van der Waals surface area contributed by atoms with Gasteiger partial charge in [0.15, 0.2) is 0 Å². The van der Waals surface area contributed by atoms with Crippen LogP contribution in [0.25, 0.3) is 0 Å². The van der Waals surface area contributed by atoms with Gasteiger partial charge < -0.3 is 10.1 Å². The molecule has 94 valence electrons. The number of rotatable bonds is 2. The van der Waals surface area contributed by atoms with Crippen LogP contribution in [0.15, 0.2) is 0 Å². The number of ether oxygens (including phenoxy) is 1. The van der Waals surface area contributed by atoms with Gasteiger partial charge in [-0.15, -0.1) is 0 Å². The van der Waals surface area contributed by atoms with Crippen LogP contribution in [0.5, 0.6) is 0 Å². The van der Waals surface area contributed by atoms with Crippen molar-refractivity contribution in [1.82, 2.24) is 5.32 Å². The summed E-state index contributed by atoms with van der Waals surface area (Å²) in [5.41, 5.74) is 0.327. The Hall–Kier alpha value is -0.730. The van der Waals surface area contributed by atoms with Crippen LogP contribution >= 0.6 is 0 Å². The second-order valence-corrected chi connectivity index (χ2v) is 6.21. The monoisotopic (exact) mass is 227 g/mol. The van der Waals surface area contributed by atoms with Gasteiger partial charge in [-0.25, -0.2) is 4.79 Å². The molecule has 2 atom stereocenters. The highest BCUT2D eigenvalue weighted by atomic mass is 16.6. The van der Waals surface area contributed by atoms with E-state index in [9.17, 15) is 4.79 Å². The summed E-state index contributed by atoms with van der Waals surface area (Å²) in [7, 11) is 0. The Morgan fingerprint density at radius 3 is 2.50 bits per heavy atom. The van der Waals surface area contributed by atoms with Crippen molar-refractivity contribution in [3.63, 3.8) is 0 Å². The van der Waals surface area contributed by atoms with Crippen LogP contribution in [0, 0.1) is 11.3 Å². The van der Waals surface area contributed by atoms with Gasteiger partial charge in [0.2, 0.25) is 0 Å². The molecule has 1 aliphatic rings. The Morgan fingerprint density at radius 1 is 1.38 bits per heavy atom. The smallest absolute Gasteiger partial charge is 0.407 e. The molecule has 0 aromatic rings. The number of carbonyl (C=O) groups is 1. The predicted octanol–water partition coefficient (Wildman–Crippen LogP) is 3.34. The molecule has 0 aromatic carbocycles. The largest absolute Gasteiger partial charge is 0.447 e. The van der Waals surface area contributed by atoms with Gasteiger partial charge >= 0.3 is 6.09 Å². The molecular formula is C13H25NO2. The minimum absolute atomic E-state index is 0.0472. The number of nitrogens with one attached hydrogen (secondary N) is 1. The highest BCUT2D eigenvalue weighted by Gasteiger charge is 2.32. The lowest BCUT2D eigenvalue weighted by atomic mass is 9.71. The minimum Gasteiger partial charge on any atom is -0.447 e. The summed E-state index contributed by atoms with van der Waals surface area (Å²) in [6, 6.07) is 0.269. The number of carbonyl (C=O) groups excluding carboxylic acids is 1. The average molecular weight is 227 g/mol. The van der Waals surface area contributed by atoms with Gasteiger partial charge in [0.25, 0.3) is 0 Å². The van der Waals surface area contributed by atoms with Crippen LogP contribution in [-0.4, -0.2) is 18.2 Å². The number of alkyl carbamates (subject to hydrolysis) is 1. The van der Waals surface area contributed by atoms with E-state index in [4.69, 9.17) is 4.74 Å². The van der Waals surface area contributed by atoms with Crippen molar-refractivity contribution in [2.75, 3.05) is 0 Å². The molecule has 0 radical (unpaired) electrons. The minimum atomic E-state index is -0.273. The van der Waals surface area contributed by atoms with E-state index in [0.717, 1.165) is 12.8 Å². The maximum absolute atomic E-state index is 11.5. The summed E-state index contributed by atoms with van der Waals surface area (Å²) >= 11 is 0. The molecule has 0 spiro atoms. The fraction of sp³-hybridized carbons (Fsp3) is 0.923. The summed E-state index contributed by atoms with van der Waals surface area (Å²) in [5.74, 6) is 0.674. The molecule has 2 unspecified atom stereocenters. The Balaban J connectivity index is 2.45. The Kier molecular flexibility index (Phi) is 4.22. The molecule has 1 fully saturated rings. The first-order chi connectivity index (χ1) is 7.28. The van der Waals surface area contributed by atoms with Crippen LogP contribution in [0.2, 0.25) is 0 Å². The number of hydrogen-bond donors (Lipinski definition) is 1. The lowest BCUT2D eigenvalue weighted by Crippen LogP contribution is -2.43. The molecule has 0 saturated heterocycles. The van der Waals surface area contributed by atoms with E-state index in [-0.39, 0.29) is 18.2 Å². The van der Waals surface area contributed by atoms with Gasteiger partial charge in [0.05, 0.1) is 6.10 Å². The van der Waals surface area contributed by atoms with E-state index in [0.29, 0.717) is 11.3 Å². The van der Waals surface area contributed by atoms with Crippen molar-refractivity contribution in [3.05, 3.63) is 0 Å². The van der Waals surface area contributed by atoms with Crippen molar-refractivity contribution in [3.8, 4) is 0 Å². The SMILES string of the molecule is CC1CC(NC(=O)OC(C)C)CC(C)(C)C1. The maximum atomic E-state index is 11.5. The zero-order chi connectivity index (χ0) is 12.3. The normalized spacial score (nSPS) is 28.9. The third-order valence-electron chi connectivity index (χ3n) is 3.05. The molecule has 0 aromatic heterocycles. The third-order valence-corrected chi connectivity index (χ3v) is 3.05. The molecule has 16 heavy (non-hydrogen) atoms. The summed E-state index contributed by atoms with van der Waals surface area (Å²) in [5, 5.41) is 2.98. The van der Waals surface area contributed by atoms with Crippen molar-refractivity contribution >= 4 is 6.09 Å². The van der Waals surface area contributed by atoms with Gasteiger partial charge in [-0.2, -0.15) is 0 Å². The molecule has 0 bridgehead atoms. The molecule has 1 rings (SSSR count). The zero-order valence-corrected chi connectivity index (χ0v) is 11.2. The predicted molar refractivity (Wildman–Crippen MR) is 65.3 cm³/mol. The first kappa shape index (κ1) is 13.3. The molecular weight excluding hydrogens is 202 g/mol. The van der Waals surface area contributed by atoms with Crippen molar-refractivity contribution < 1.29 is 9.53 Å². The van der Waals surface area contributed by atoms with Crippen LogP contribution in [0.4, 0.5) is 4.79 Å². The summed E-state index contributed by atoms with van der Waals surface area (Å²) < 4.78 is 5.11. The van der Waals surface area contributed by atoms with E-state index in [2.05, 4.69) is 26.1 Å². The van der Waals surface area contributed by atoms with Gasteiger partial charge in [-0.1, -0.05) is 20.8 Å². The summed E-state index contributed by atoms with van der Waals surface area (Å²) in [4.78, 5) is 11.5. The van der Waals surface area contributed by atoms with Crippen molar-refractivity contribution in [2.24, 2.45) is 11.3 Å². The van der Waals surface area contributed by atoms with Crippen LogP contribution in [-0.2, 0) is 4.74 Å². The fourth-order valence-corrected chi connectivity index (χ4v) is 2.87. The number of amides is 1. The van der Waals surface area contributed by atoms with Gasteiger partial charge in [-0.3, -0.25) is 0 Å². The molecule has 1 N–H and O–H groups in total. The van der Waals surface area contributed by atoms with Gasteiger partial charge in [-0.05, 0) is 44.4 Å². The van der Waals surface area contributed by atoms with E-state index in [1.54, 1.807) is 0 Å². The topological polar surface area (TPSA) is 38.3 Å². The Morgan fingerprint density at radius 2 is 2.00 bits per heavy atom. The quantitative estimate of drug-likeness (QED) is 0.785. The van der Waals surface area contributed by atoms with E-state index in [1.807, 2.05) is 13.8 Å². The standard InChI is InChI=1S/C13H25NO2/c1-9(2)16-12(15)14-11-6-10(3)7-13(4,5)8-11/h9-11H,6-8H2,1-5H3,(H,14,15). The maximum Gasteiger partial charge on any atom is 0.407 e. The molecule has 3 nitrogen and oxygen atoms in total. The third kappa shape index (κ3) is 4.42. The first-order valence-electron chi connectivity index (χ1n) is 6.25.